The normalized spacial score (nSPS) is 17.8. The van der Waals surface area contributed by atoms with E-state index in [2.05, 4.69) is 28.8 Å². The van der Waals surface area contributed by atoms with Crippen LogP contribution in [0.2, 0.25) is 0 Å². The van der Waals surface area contributed by atoms with E-state index in [0.29, 0.717) is 6.54 Å². The molecule has 1 saturated heterocycles. The Labute approximate surface area is 124 Å². The monoisotopic (exact) mass is 284 g/mol. The summed E-state index contributed by atoms with van der Waals surface area (Å²) in [6, 6.07) is 14.2. The summed E-state index contributed by atoms with van der Waals surface area (Å²) in [6.07, 6.45) is 2.32. The van der Waals surface area contributed by atoms with Gasteiger partial charge in [0.25, 0.3) is 0 Å². The molecule has 2 aromatic carbocycles. The second kappa shape index (κ2) is 6.59. The first kappa shape index (κ1) is 13.9. The minimum atomic E-state index is -0.00145. The van der Waals surface area contributed by atoms with E-state index in [1.54, 1.807) is 0 Å². The van der Waals surface area contributed by atoms with Crippen LogP contribution in [0.15, 0.2) is 42.5 Å². The van der Waals surface area contributed by atoms with Crippen molar-refractivity contribution in [2.24, 2.45) is 0 Å². The lowest BCUT2D eigenvalue weighted by Crippen LogP contribution is -2.35. The molecule has 1 heterocycles. The van der Waals surface area contributed by atoms with E-state index in [9.17, 15) is 4.79 Å². The molecule has 0 aliphatic carbocycles. The lowest BCUT2D eigenvalue weighted by Gasteiger charge is -2.12. The van der Waals surface area contributed by atoms with Gasteiger partial charge in [-0.2, -0.15) is 0 Å². The van der Waals surface area contributed by atoms with Crippen molar-refractivity contribution in [3.05, 3.63) is 42.5 Å². The first-order valence-corrected chi connectivity index (χ1v) is 7.43. The second-order valence-corrected chi connectivity index (χ2v) is 5.32. The number of anilines is 1. The van der Waals surface area contributed by atoms with Gasteiger partial charge in [-0.1, -0.05) is 36.4 Å². The topological polar surface area (TPSA) is 50.4 Å². The summed E-state index contributed by atoms with van der Waals surface area (Å²) in [5.74, 6) is -0.00145. The molecule has 1 unspecified atom stereocenters. The van der Waals surface area contributed by atoms with Gasteiger partial charge in [0.05, 0.1) is 12.6 Å². The van der Waals surface area contributed by atoms with Crippen molar-refractivity contribution in [3.8, 4) is 0 Å². The van der Waals surface area contributed by atoms with E-state index in [0.717, 1.165) is 30.5 Å². The zero-order chi connectivity index (χ0) is 14.5. The predicted molar refractivity (Wildman–Crippen MR) is 84.4 cm³/mol. The number of ether oxygens (including phenoxy) is 1. The van der Waals surface area contributed by atoms with Crippen LogP contribution in [-0.2, 0) is 9.53 Å². The molecule has 110 valence electrons. The number of amides is 1. The van der Waals surface area contributed by atoms with Crippen LogP contribution < -0.4 is 10.6 Å². The molecule has 0 saturated carbocycles. The minimum absolute atomic E-state index is 0.00145. The number of carbonyl (C=O) groups excluding carboxylic acids is 1. The third-order valence-corrected chi connectivity index (χ3v) is 3.78. The Morgan fingerprint density at radius 1 is 1.19 bits per heavy atom. The summed E-state index contributed by atoms with van der Waals surface area (Å²) in [4.78, 5) is 11.9. The van der Waals surface area contributed by atoms with Crippen LogP contribution in [0, 0.1) is 0 Å². The van der Waals surface area contributed by atoms with Crippen LogP contribution in [0.3, 0.4) is 0 Å². The van der Waals surface area contributed by atoms with Gasteiger partial charge in [0.2, 0.25) is 5.91 Å². The Morgan fingerprint density at radius 2 is 2.05 bits per heavy atom. The third-order valence-electron chi connectivity index (χ3n) is 3.78. The highest BCUT2D eigenvalue weighted by Crippen LogP contribution is 2.22. The van der Waals surface area contributed by atoms with Crippen LogP contribution >= 0.6 is 0 Å². The number of carbonyl (C=O) groups is 1. The number of hydrogen-bond acceptors (Lipinski definition) is 3. The van der Waals surface area contributed by atoms with Crippen molar-refractivity contribution in [1.29, 1.82) is 0 Å². The van der Waals surface area contributed by atoms with Crippen molar-refractivity contribution in [2.75, 3.05) is 25.0 Å². The average Bonchev–Trinajstić information content (AvgIpc) is 3.04. The zero-order valence-corrected chi connectivity index (χ0v) is 12.0. The number of rotatable bonds is 5. The molecule has 1 amide bonds. The summed E-state index contributed by atoms with van der Waals surface area (Å²) in [5.41, 5.74) is 0.986. The first-order valence-electron chi connectivity index (χ1n) is 7.43. The Bertz CT molecular complexity index is 616. The quantitative estimate of drug-likeness (QED) is 0.887. The Morgan fingerprint density at radius 3 is 2.90 bits per heavy atom. The van der Waals surface area contributed by atoms with E-state index in [1.807, 2.05) is 24.3 Å². The maximum atomic E-state index is 11.9. The van der Waals surface area contributed by atoms with Crippen molar-refractivity contribution in [1.82, 2.24) is 5.32 Å². The molecule has 0 radical (unpaired) electrons. The molecule has 1 fully saturated rings. The molecule has 2 aromatic rings. The fourth-order valence-corrected chi connectivity index (χ4v) is 2.65. The molecule has 21 heavy (non-hydrogen) atoms. The highest BCUT2D eigenvalue weighted by Gasteiger charge is 2.15. The molecule has 4 nitrogen and oxygen atoms in total. The maximum absolute atomic E-state index is 11.9. The Balaban J connectivity index is 1.54. The summed E-state index contributed by atoms with van der Waals surface area (Å²) in [7, 11) is 0. The van der Waals surface area contributed by atoms with Gasteiger partial charge in [-0.25, -0.2) is 0 Å². The van der Waals surface area contributed by atoms with Crippen molar-refractivity contribution in [2.45, 2.75) is 18.9 Å². The van der Waals surface area contributed by atoms with Crippen LogP contribution in [-0.4, -0.2) is 31.7 Å². The van der Waals surface area contributed by atoms with Crippen molar-refractivity contribution >= 4 is 22.4 Å². The molecule has 4 heteroatoms. The minimum Gasteiger partial charge on any atom is -0.376 e. The summed E-state index contributed by atoms with van der Waals surface area (Å²) >= 11 is 0. The van der Waals surface area contributed by atoms with Gasteiger partial charge in [0, 0.05) is 24.2 Å². The number of hydrogen-bond donors (Lipinski definition) is 2. The highest BCUT2D eigenvalue weighted by molar-refractivity contribution is 5.95. The van der Waals surface area contributed by atoms with E-state index in [4.69, 9.17) is 4.74 Å². The number of fused-ring (bicyclic) bond motifs is 1. The second-order valence-electron chi connectivity index (χ2n) is 5.32. The fraction of sp³-hybridized carbons (Fsp3) is 0.353. The fourth-order valence-electron chi connectivity index (χ4n) is 2.65. The van der Waals surface area contributed by atoms with Gasteiger partial charge < -0.3 is 15.4 Å². The molecule has 0 spiro atoms. The zero-order valence-electron chi connectivity index (χ0n) is 12.0. The third kappa shape index (κ3) is 3.52. The highest BCUT2D eigenvalue weighted by atomic mass is 16.5. The lowest BCUT2D eigenvalue weighted by atomic mass is 10.1. The molecule has 0 bridgehead atoms. The summed E-state index contributed by atoms with van der Waals surface area (Å²) in [6.45, 7) is 1.70. The van der Waals surface area contributed by atoms with E-state index in [1.165, 1.54) is 5.39 Å². The largest absolute Gasteiger partial charge is 0.376 e. The van der Waals surface area contributed by atoms with Crippen molar-refractivity contribution in [3.63, 3.8) is 0 Å². The Hall–Kier alpha value is -2.07. The number of benzene rings is 2. The molecule has 3 rings (SSSR count). The SMILES string of the molecule is O=C(CNc1cccc2ccccc12)NCC1CCCO1. The standard InChI is InChI=1S/C17H20N2O2/c20-17(19-11-14-7-4-10-21-14)12-18-16-9-3-6-13-5-1-2-8-15(13)16/h1-3,5-6,8-9,14,18H,4,7,10-12H2,(H,19,20). The molecule has 0 aromatic heterocycles. The molecule has 2 N–H and O–H groups in total. The lowest BCUT2D eigenvalue weighted by molar-refractivity contribution is -0.119. The van der Waals surface area contributed by atoms with Gasteiger partial charge in [0.1, 0.15) is 0 Å². The van der Waals surface area contributed by atoms with Gasteiger partial charge in [-0.3, -0.25) is 4.79 Å². The van der Waals surface area contributed by atoms with Gasteiger partial charge in [-0.05, 0) is 24.3 Å². The number of nitrogens with one attached hydrogen (secondary N) is 2. The molecule has 1 aliphatic rings. The van der Waals surface area contributed by atoms with E-state index < -0.39 is 0 Å². The van der Waals surface area contributed by atoms with Gasteiger partial charge in [0.15, 0.2) is 0 Å². The van der Waals surface area contributed by atoms with Gasteiger partial charge in [-0.15, -0.1) is 0 Å². The first-order chi connectivity index (χ1) is 10.3. The van der Waals surface area contributed by atoms with Crippen LogP contribution in [0.4, 0.5) is 5.69 Å². The summed E-state index contributed by atoms with van der Waals surface area (Å²) in [5, 5.41) is 8.43. The van der Waals surface area contributed by atoms with Crippen LogP contribution in [0.25, 0.3) is 10.8 Å². The van der Waals surface area contributed by atoms with Crippen LogP contribution in [0.5, 0.6) is 0 Å². The predicted octanol–water partition coefficient (Wildman–Crippen LogP) is 2.55. The Kier molecular flexibility index (Phi) is 4.36. The molecular weight excluding hydrogens is 264 g/mol. The van der Waals surface area contributed by atoms with Gasteiger partial charge >= 0.3 is 0 Å². The van der Waals surface area contributed by atoms with E-state index in [-0.39, 0.29) is 18.6 Å². The van der Waals surface area contributed by atoms with Crippen molar-refractivity contribution < 1.29 is 9.53 Å². The average molecular weight is 284 g/mol. The van der Waals surface area contributed by atoms with Crippen LogP contribution in [0.1, 0.15) is 12.8 Å². The molecule has 1 aliphatic heterocycles. The summed E-state index contributed by atoms with van der Waals surface area (Å²) < 4.78 is 5.49. The molecule has 1 atom stereocenters. The smallest absolute Gasteiger partial charge is 0.239 e. The molecular formula is C17H20N2O2. The van der Waals surface area contributed by atoms with E-state index >= 15 is 0 Å². The maximum Gasteiger partial charge on any atom is 0.239 e.